The van der Waals surface area contributed by atoms with Gasteiger partial charge in [0.05, 0.1) is 11.3 Å². The molecule has 96 valence electrons. The molecule has 0 saturated carbocycles. The molecule has 0 aliphatic heterocycles. The van der Waals surface area contributed by atoms with E-state index in [1.807, 2.05) is 19.9 Å². The van der Waals surface area contributed by atoms with Crippen LogP contribution >= 0.6 is 0 Å². The summed E-state index contributed by atoms with van der Waals surface area (Å²) in [7, 11) is 0. The summed E-state index contributed by atoms with van der Waals surface area (Å²) in [5.41, 5.74) is 1.07. The Morgan fingerprint density at radius 2 is 2.16 bits per heavy atom. The standard InChI is InChI=1S/C14H13N3O2/c1-9(2)13-7-12(17-19-13)14(18)16-11-6-4-3-5-10(11)8-15/h3-7,9H,1-2H3,(H,16,18). The van der Waals surface area contributed by atoms with Gasteiger partial charge in [0, 0.05) is 12.0 Å². The molecule has 0 aliphatic carbocycles. The van der Waals surface area contributed by atoms with E-state index >= 15 is 0 Å². The molecule has 2 aromatic rings. The van der Waals surface area contributed by atoms with E-state index in [-0.39, 0.29) is 11.6 Å². The van der Waals surface area contributed by atoms with E-state index in [4.69, 9.17) is 9.78 Å². The number of nitriles is 1. The van der Waals surface area contributed by atoms with Crippen LogP contribution in [0.3, 0.4) is 0 Å². The summed E-state index contributed by atoms with van der Waals surface area (Å²) in [6, 6.07) is 10.4. The van der Waals surface area contributed by atoms with Crippen LogP contribution in [0.5, 0.6) is 0 Å². The number of para-hydroxylation sites is 1. The van der Waals surface area contributed by atoms with E-state index in [1.54, 1.807) is 30.3 Å². The van der Waals surface area contributed by atoms with E-state index in [0.717, 1.165) is 0 Å². The fraction of sp³-hybridized carbons (Fsp3) is 0.214. The smallest absolute Gasteiger partial charge is 0.277 e. The first-order valence-electron chi connectivity index (χ1n) is 5.89. The van der Waals surface area contributed by atoms with Crippen LogP contribution < -0.4 is 5.32 Å². The van der Waals surface area contributed by atoms with E-state index in [1.165, 1.54) is 0 Å². The number of rotatable bonds is 3. The first-order valence-corrected chi connectivity index (χ1v) is 5.89. The van der Waals surface area contributed by atoms with Gasteiger partial charge in [-0.15, -0.1) is 0 Å². The summed E-state index contributed by atoms with van der Waals surface area (Å²) in [5.74, 6) is 0.428. The van der Waals surface area contributed by atoms with Crippen molar-refractivity contribution in [3.63, 3.8) is 0 Å². The molecule has 0 saturated heterocycles. The van der Waals surface area contributed by atoms with Crippen molar-refractivity contribution in [1.82, 2.24) is 5.16 Å². The molecule has 1 N–H and O–H groups in total. The second-order valence-corrected chi connectivity index (χ2v) is 4.38. The number of benzene rings is 1. The van der Waals surface area contributed by atoms with Crippen molar-refractivity contribution < 1.29 is 9.32 Å². The molecule has 0 spiro atoms. The minimum atomic E-state index is -0.390. The highest BCUT2D eigenvalue weighted by atomic mass is 16.5. The summed E-state index contributed by atoms with van der Waals surface area (Å²) in [4.78, 5) is 12.0. The molecule has 5 heteroatoms. The van der Waals surface area contributed by atoms with Crippen LogP contribution in [-0.2, 0) is 0 Å². The average Bonchev–Trinajstić information content (AvgIpc) is 2.89. The Bertz CT molecular complexity index is 638. The zero-order valence-corrected chi connectivity index (χ0v) is 10.7. The second-order valence-electron chi connectivity index (χ2n) is 4.38. The predicted molar refractivity (Wildman–Crippen MR) is 69.7 cm³/mol. The molecular formula is C14H13N3O2. The molecule has 5 nitrogen and oxygen atoms in total. The summed E-state index contributed by atoms with van der Waals surface area (Å²) >= 11 is 0. The molecule has 1 aromatic carbocycles. The monoisotopic (exact) mass is 255 g/mol. The second kappa shape index (κ2) is 5.36. The summed E-state index contributed by atoms with van der Waals surface area (Å²) in [5, 5.41) is 15.3. The van der Waals surface area contributed by atoms with Crippen molar-refractivity contribution in [3.05, 3.63) is 47.3 Å². The number of anilines is 1. The summed E-state index contributed by atoms with van der Waals surface area (Å²) in [6.45, 7) is 3.90. The molecule has 1 amide bonds. The third-order valence-corrected chi connectivity index (χ3v) is 2.63. The normalized spacial score (nSPS) is 10.2. The fourth-order valence-corrected chi connectivity index (χ4v) is 1.54. The molecular weight excluding hydrogens is 242 g/mol. The Morgan fingerprint density at radius 1 is 1.42 bits per heavy atom. The Kier molecular flexibility index (Phi) is 3.62. The average molecular weight is 255 g/mol. The number of nitrogens with one attached hydrogen (secondary N) is 1. The highest BCUT2D eigenvalue weighted by molar-refractivity contribution is 6.03. The SMILES string of the molecule is CC(C)c1cc(C(=O)Nc2ccccc2C#N)no1. The summed E-state index contributed by atoms with van der Waals surface area (Å²) < 4.78 is 5.07. The molecule has 0 unspecified atom stereocenters. The van der Waals surface area contributed by atoms with Crippen LogP contribution in [0.2, 0.25) is 0 Å². The lowest BCUT2D eigenvalue weighted by molar-refractivity contribution is 0.101. The van der Waals surface area contributed by atoms with Crippen LogP contribution in [-0.4, -0.2) is 11.1 Å². The van der Waals surface area contributed by atoms with Gasteiger partial charge in [-0.05, 0) is 12.1 Å². The van der Waals surface area contributed by atoms with Crippen LogP contribution in [0.15, 0.2) is 34.9 Å². The number of nitrogens with zero attached hydrogens (tertiary/aromatic N) is 2. The number of carbonyl (C=O) groups is 1. The first kappa shape index (κ1) is 12.8. The quantitative estimate of drug-likeness (QED) is 0.914. The third-order valence-electron chi connectivity index (χ3n) is 2.63. The minimum absolute atomic E-state index is 0.167. The van der Waals surface area contributed by atoms with E-state index < -0.39 is 5.91 Å². The topological polar surface area (TPSA) is 78.9 Å². The maximum absolute atomic E-state index is 12.0. The molecule has 0 atom stereocenters. The van der Waals surface area contributed by atoms with Crippen molar-refractivity contribution in [2.75, 3.05) is 5.32 Å². The molecule has 2 rings (SSSR count). The number of amides is 1. The van der Waals surface area contributed by atoms with Gasteiger partial charge < -0.3 is 9.84 Å². The lowest BCUT2D eigenvalue weighted by Gasteiger charge is -2.03. The van der Waals surface area contributed by atoms with Crippen molar-refractivity contribution >= 4 is 11.6 Å². The lowest BCUT2D eigenvalue weighted by Crippen LogP contribution is -2.13. The zero-order chi connectivity index (χ0) is 13.8. The van der Waals surface area contributed by atoms with Gasteiger partial charge in [-0.1, -0.05) is 31.1 Å². The van der Waals surface area contributed by atoms with Gasteiger partial charge in [0.25, 0.3) is 5.91 Å². The van der Waals surface area contributed by atoms with Crippen LogP contribution in [0, 0.1) is 11.3 Å². The Balaban J connectivity index is 2.19. The van der Waals surface area contributed by atoms with Gasteiger partial charge in [0.15, 0.2) is 5.69 Å². The van der Waals surface area contributed by atoms with Crippen molar-refractivity contribution in [2.24, 2.45) is 0 Å². The maximum atomic E-state index is 12.0. The molecule has 0 radical (unpaired) electrons. The molecule has 1 heterocycles. The predicted octanol–water partition coefficient (Wildman–Crippen LogP) is 2.92. The molecule has 0 bridgehead atoms. The first-order chi connectivity index (χ1) is 9.11. The Labute approximate surface area is 110 Å². The number of hydrogen-bond donors (Lipinski definition) is 1. The Morgan fingerprint density at radius 3 is 2.79 bits per heavy atom. The Hall–Kier alpha value is -2.61. The van der Waals surface area contributed by atoms with E-state index in [2.05, 4.69) is 10.5 Å². The lowest BCUT2D eigenvalue weighted by atomic mass is 10.1. The third kappa shape index (κ3) is 2.80. The van der Waals surface area contributed by atoms with Gasteiger partial charge in [-0.2, -0.15) is 5.26 Å². The molecule has 0 fully saturated rings. The highest BCUT2D eigenvalue weighted by Crippen LogP contribution is 2.18. The van der Waals surface area contributed by atoms with E-state index in [9.17, 15) is 4.79 Å². The van der Waals surface area contributed by atoms with Crippen LogP contribution in [0.1, 0.15) is 41.6 Å². The van der Waals surface area contributed by atoms with Crippen molar-refractivity contribution in [1.29, 1.82) is 5.26 Å². The summed E-state index contributed by atoms with van der Waals surface area (Å²) in [6.07, 6.45) is 0. The largest absolute Gasteiger partial charge is 0.360 e. The number of aromatic nitrogens is 1. The van der Waals surface area contributed by atoms with Gasteiger partial charge in [0.2, 0.25) is 0 Å². The minimum Gasteiger partial charge on any atom is -0.360 e. The molecule has 19 heavy (non-hydrogen) atoms. The van der Waals surface area contributed by atoms with Gasteiger partial charge in [-0.3, -0.25) is 4.79 Å². The van der Waals surface area contributed by atoms with Gasteiger partial charge in [-0.25, -0.2) is 0 Å². The van der Waals surface area contributed by atoms with Crippen LogP contribution in [0.4, 0.5) is 5.69 Å². The highest BCUT2D eigenvalue weighted by Gasteiger charge is 2.15. The van der Waals surface area contributed by atoms with Gasteiger partial charge >= 0.3 is 0 Å². The van der Waals surface area contributed by atoms with Crippen molar-refractivity contribution in [2.45, 2.75) is 19.8 Å². The molecule has 0 aliphatic rings. The fourth-order valence-electron chi connectivity index (χ4n) is 1.54. The van der Waals surface area contributed by atoms with Crippen molar-refractivity contribution in [3.8, 4) is 6.07 Å². The number of hydrogen-bond acceptors (Lipinski definition) is 4. The number of carbonyl (C=O) groups excluding carboxylic acids is 1. The molecule has 1 aromatic heterocycles. The van der Waals surface area contributed by atoms with E-state index in [0.29, 0.717) is 17.0 Å². The van der Waals surface area contributed by atoms with Gasteiger partial charge in [0.1, 0.15) is 11.8 Å². The zero-order valence-electron chi connectivity index (χ0n) is 10.7. The van der Waals surface area contributed by atoms with Crippen LogP contribution in [0.25, 0.3) is 0 Å². The maximum Gasteiger partial charge on any atom is 0.277 e.